The molecule has 16 rings (SSSR count). The third kappa shape index (κ3) is 25.5. The molecule has 4 saturated carbocycles. The zero-order chi connectivity index (χ0) is 77.4. The van der Waals surface area contributed by atoms with Gasteiger partial charge < -0.3 is 19.3 Å². The van der Waals surface area contributed by atoms with E-state index in [4.69, 9.17) is 45.6 Å². The fourth-order valence-electron chi connectivity index (χ4n) is 14.9. The topological polar surface area (TPSA) is 65.4 Å². The predicted molar refractivity (Wildman–Crippen MR) is 462 cm³/mol. The Morgan fingerprint density at radius 2 is 0.591 bits per heavy atom. The van der Waals surface area contributed by atoms with Crippen LogP contribution in [0.4, 0.5) is 22.7 Å². The zero-order valence-corrected chi connectivity index (χ0v) is 65.9. The predicted octanol–water partition coefficient (Wildman–Crippen LogP) is 29.5. The highest BCUT2D eigenvalue weighted by atomic mass is 16.5. The number of nitrogens with zero attached hydrogens (tertiary/aromatic N) is 4. The number of benzene rings is 12. The molecule has 0 saturated heterocycles. The summed E-state index contributed by atoms with van der Waals surface area (Å²) in [5, 5.41) is 18.2. The fraction of sp³-hybridized carbons (Fsp3) is 0.333. The Hall–Kier alpha value is -11.2. The lowest BCUT2D eigenvalue weighted by atomic mass is 9.92. The zero-order valence-electron chi connectivity index (χ0n) is 65.9. The van der Waals surface area contributed by atoms with Gasteiger partial charge in [0.25, 0.3) is 0 Å². The van der Waals surface area contributed by atoms with Crippen LogP contribution in [0.2, 0.25) is 0 Å². The van der Waals surface area contributed by atoms with E-state index in [1.807, 2.05) is 84.9 Å². The lowest BCUT2D eigenvalue weighted by Gasteiger charge is -2.16. The molecule has 12 aromatic rings. The van der Waals surface area contributed by atoms with Gasteiger partial charge in [-0.2, -0.15) is 0 Å². The number of aromatic hydroxyl groups is 1. The van der Waals surface area contributed by atoms with Crippen LogP contribution >= 0.6 is 0 Å². The quantitative estimate of drug-likeness (QED) is 0.104. The maximum Gasteiger partial charge on any atom is 0.187 e. The lowest BCUT2D eigenvalue weighted by molar-refractivity contribution is 0.210. The molecule has 12 aromatic carbocycles. The molecule has 4 aliphatic rings. The van der Waals surface area contributed by atoms with Crippen molar-refractivity contribution in [1.82, 2.24) is 0 Å². The van der Waals surface area contributed by atoms with Gasteiger partial charge in [-0.05, 0) is 289 Å². The Bertz CT molecular complexity index is 4870. The summed E-state index contributed by atoms with van der Waals surface area (Å²) in [7, 11) is 0. The maximum absolute atomic E-state index is 8.85. The molecule has 0 amide bonds. The van der Waals surface area contributed by atoms with Gasteiger partial charge in [0.05, 0.1) is 44.6 Å². The van der Waals surface area contributed by atoms with E-state index in [0.29, 0.717) is 58.6 Å². The molecular formula is C102H110N4O4. The van der Waals surface area contributed by atoms with E-state index in [9.17, 15) is 0 Å². The summed E-state index contributed by atoms with van der Waals surface area (Å²) in [6.07, 6.45) is 27.4. The third-order valence-electron chi connectivity index (χ3n) is 21.7. The van der Waals surface area contributed by atoms with Gasteiger partial charge in [-0.15, -0.1) is 0 Å². The first-order valence-electron chi connectivity index (χ1n) is 40.3. The van der Waals surface area contributed by atoms with Gasteiger partial charge in [-0.3, -0.25) is 0 Å². The second kappa shape index (κ2) is 42.6. The molecule has 4 aliphatic carbocycles. The van der Waals surface area contributed by atoms with Gasteiger partial charge >= 0.3 is 0 Å². The summed E-state index contributed by atoms with van der Waals surface area (Å²) >= 11 is 0. The molecule has 562 valence electrons. The minimum Gasteiger partial charge on any atom is -0.508 e. The van der Waals surface area contributed by atoms with Crippen LogP contribution in [0.3, 0.4) is 0 Å². The number of ether oxygens (including phenoxy) is 3. The minimum atomic E-state index is 0.340. The number of hydrogen-bond acceptors (Lipinski definition) is 4. The largest absolute Gasteiger partial charge is 0.508 e. The van der Waals surface area contributed by atoms with Crippen molar-refractivity contribution < 1.29 is 19.3 Å². The Kier molecular flexibility index (Phi) is 31.5. The maximum atomic E-state index is 8.85. The summed E-state index contributed by atoms with van der Waals surface area (Å²) in [6, 6.07) is 82.2. The smallest absolute Gasteiger partial charge is 0.187 e. The SMILES string of the molecule is CC1CCCC1.CCc1ccc(O)cc1.CCc1ccc(OC2CCCC2)cc1.[C-]#[N+]c1ccc2ccc(C)cc2c1.[C-]#[N+]c1ccc2ccc(CC(C)c3ccc(OC4CCCC4)cc3)cc2c1.[C-]#[N+]c1ccc2ccc(CC)cc2c1.[C-]#[N+]c1ccc2ccc(C[C@H](C)c3ccc(OC4CCCC4)cc3)cc2c1. The normalized spacial score (nSPS) is 14.4. The molecule has 0 aromatic heterocycles. The Morgan fingerprint density at radius 1 is 0.318 bits per heavy atom. The molecule has 8 heteroatoms. The van der Waals surface area contributed by atoms with Crippen molar-refractivity contribution in [2.75, 3.05) is 0 Å². The lowest BCUT2D eigenvalue weighted by Crippen LogP contribution is -2.10. The molecule has 1 unspecified atom stereocenters. The first-order chi connectivity index (χ1) is 53.6. The number of phenolic OH excluding ortho intramolecular Hbond substituents is 1. The number of hydrogen-bond donors (Lipinski definition) is 1. The van der Waals surface area contributed by atoms with E-state index >= 15 is 0 Å². The first-order valence-corrected chi connectivity index (χ1v) is 40.3. The molecule has 110 heavy (non-hydrogen) atoms. The van der Waals surface area contributed by atoms with Crippen molar-refractivity contribution in [2.24, 2.45) is 5.92 Å². The molecule has 1 N–H and O–H groups in total. The van der Waals surface area contributed by atoms with Crippen LogP contribution in [0.15, 0.2) is 243 Å². The highest BCUT2D eigenvalue weighted by Gasteiger charge is 2.20. The Morgan fingerprint density at radius 3 is 0.909 bits per heavy atom. The standard InChI is InChI=1S/2C25H25NO.C13H11N.C13H18O.C12H9N.C8H10O.C6H12/c2*1-18(20-10-13-25(14-11-20)27-24-5-3-4-6-24)15-19-7-8-21-9-12-23(26-2)17-22(21)16-19;1-3-10-4-5-11-6-7-13(14-2)9-12(11)8-10;1-2-11-7-9-13(10-8-11)14-12-5-3-4-6-12;1-9-3-4-10-5-6-12(13-2)8-11(10)7-9;1-2-7-3-5-8(9)6-4-7;1-6-4-2-3-5-6/h2*7-14,16-18,24H,3-6,15H2,1H3;4-9H,3H2,1H3;7-10,12H,2-6H2,1H3;3-8H,1H3;3-6,9H,2H2,1H3;6H,2-5H2,1H3/t18-;;;;;;/m0....../s1. The Labute approximate surface area is 656 Å². The van der Waals surface area contributed by atoms with Gasteiger partial charge in [-0.1, -0.05) is 243 Å². The Balaban J connectivity index is 0.000000144. The van der Waals surface area contributed by atoms with Crippen LogP contribution in [0.25, 0.3) is 62.5 Å². The summed E-state index contributed by atoms with van der Waals surface area (Å²) in [4.78, 5) is 13.9. The summed E-state index contributed by atoms with van der Waals surface area (Å²) in [6.45, 7) is 43.6. The van der Waals surface area contributed by atoms with Crippen LogP contribution in [0.1, 0.15) is 201 Å². The molecule has 0 bridgehead atoms. The van der Waals surface area contributed by atoms with E-state index in [1.165, 1.54) is 169 Å². The van der Waals surface area contributed by atoms with Crippen molar-refractivity contribution >= 4 is 65.8 Å². The van der Waals surface area contributed by atoms with Crippen molar-refractivity contribution in [3.63, 3.8) is 0 Å². The summed E-state index contributed by atoms with van der Waals surface area (Å²) in [5.74, 6) is 5.29. The van der Waals surface area contributed by atoms with E-state index in [2.05, 4.69) is 213 Å². The fourth-order valence-corrected chi connectivity index (χ4v) is 14.9. The number of rotatable bonds is 15. The highest BCUT2D eigenvalue weighted by molar-refractivity contribution is 5.89. The molecule has 0 spiro atoms. The molecule has 8 nitrogen and oxygen atoms in total. The number of phenols is 1. The average molecular weight is 1460 g/mol. The van der Waals surface area contributed by atoms with Gasteiger partial charge in [0.15, 0.2) is 22.7 Å². The van der Waals surface area contributed by atoms with Crippen LogP contribution < -0.4 is 14.2 Å². The monoisotopic (exact) mass is 1450 g/mol. The van der Waals surface area contributed by atoms with Crippen LogP contribution in [0, 0.1) is 39.1 Å². The number of aryl methyl sites for hydroxylation is 4. The van der Waals surface area contributed by atoms with E-state index in [1.54, 1.807) is 12.1 Å². The van der Waals surface area contributed by atoms with E-state index < -0.39 is 0 Å². The minimum absolute atomic E-state index is 0.340. The van der Waals surface area contributed by atoms with Gasteiger partial charge in [-0.25, -0.2) is 19.4 Å². The van der Waals surface area contributed by atoms with Crippen LogP contribution in [-0.4, -0.2) is 23.4 Å². The molecular weight excluding hydrogens is 1350 g/mol. The van der Waals surface area contributed by atoms with E-state index in [-0.39, 0.29) is 0 Å². The van der Waals surface area contributed by atoms with Crippen molar-refractivity contribution in [3.05, 3.63) is 333 Å². The second-order valence-electron chi connectivity index (χ2n) is 30.3. The van der Waals surface area contributed by atoms with Crippen molar-refractivity contribution in [3.8, 4) is 23.0 Å². The van der Waals surface area contributed by atoms with Crippen LogP contribution in [0.5, 0.6) is 23.0 Å². The van der Waals surface area contributed by atoms with Crippen molar-refractivity contribution in [1.29, 1.82) is 0 Å². The van der Waals surface area contributed by atoms with Crippen molar-refractivity contribution in [2.45, 2.75) is 213 Å². The highest BCUT2D eigenvalue weighted by Crippen LogP contribution is 2.34. The molecule has 2 atom stereocenters. The van der Waals surface area contributed by atoms with E-state index in [0.717, 1.165) is 76.8 Å². The molecule has 0 aliphatic heterocycles. The average Bonchev–Trinajstić information content (AvgIpc) is 0.854. The third-order valence-corrected chi connectivity index (χ3v) is 21.7. The summed E-state index contributed by atoms with van der Waals surface area (Å²) in [5.41, 5.74) is 13.3. The summed E-state index contributed by atoms with van der Waals surface area (Å²) < 4.78 is 18.0. The van der Waals surface area contributed by atoms with Gasteiger partial charge in [0.2, 0.25) is 0 Å². The van der Waals surface area contributed by atoms with Crippen LogP contribution in [-0.2, 0) is 32.1 Å². The first kappa shape index (κ1) is 81.4. The van der Waals surface area contributed by atoms with Gasteiger partial charge in [0, 0.05) is 0 Å². The molecule has 4 fully saturated rings. The molecule has 0 radical (unpaired) electrons. The van der Waals surface area contributed by atoms with Gasteiger partial charge in [0.1, 0.15) is 23.0 Å². The number of fused-ring (bicyclic) bond motifs is 4. The molecule has 0 heterocycles. The second-order valence-corrected chi connectivity index (χ2v) is 30.3.